The van der Waals surface area contributed by atoms with Crippen LogP contribution in [0.3, 0.4) is 0 Å². The number of nitrogens with one attached hydrogen (secondary N) is 1. The topological polar surface area (TPSA) is 55.9 Å². The van der Waals surface area contributed by atoms with Crippen molar-refractivity contribution in [2.24, 2.45) is 0 Å². The van der Waals surface area contributed by atoms with Crippen LogP contribution in [-0.2, 0) is 15.8 Å². The lowest BCUT2D eigenvalue weighted by Crippen LogP contribution is -2.52. The Kier molecular flexibility index (Phi) is 8.68. The first-order valence-corrected chi connectivity index (χ1v) is 11.5. The lowest BCUT2D eigenvalue weighted by Gasteiger charge is -2.40. The lowest BCUT2D eigenvalue weighted by molar-refractivity contribution is -0.138. The minimum absolute atomic E-state index is 0.0139. The van der Waals surface area contributed by atoms with Crippen molar-refractivity contribution < 1.29 is 22.8 Å². The van der Waals surface area contributed by atoms with Crippen LogP contribution in [0.5, 0.6) is 0 Å². The molecule has 1 heterocycles. The van der Waals surface area contributed by atoms with Gasteiger partial charge in [0, 0.05) is 39.3 Å². The van der Waals surface area contributed by atoms with Crippen molar-refractivity contribution in [2.45, 2.75) is 26.1 Å². The van der Waals surface area contributed by atoms with Gasteiger partial charge in [-0.2, -0.15) is 13.2 Å². The molecule has 1 N–H and O–H groups in total. The summed E-state index contributed by atoms with van der Waals surface area (Å²) in [5.74, 6) is -0.449. The van der Waals surface area contributed by atoms with Crippen LogP contribution in [0.25, 0.3) is 0 Å². The second-order valence-electron chi connectivity index (χ2n) is 8.23. The molecule has 9 heteroatoms. The highest BCUT2D eigenvalue weighted by Gasteiger charge is 2.35. The molecule has 3 rings (SSSR count). The first-order chi connectivity index (χ1) is 16.2. The summed E-state index contributed by atoms with van der Waals surface area (Å²) in [7, 11) is 0. The van der Waals surface area contributed by atoms with Crippen molar-refractivity contribution in [3.05, 3.63) is 65.7 Å². The van der Waals surface area contributed by atoms with Gasteiger partial charge in [-0.3, -0.25) is 19.4 Å². The third-order valence-corrected chi connectivity index (χ3v) is 6.07. The van der Waals surface area contributed by atoms with Crippen LogP contribution in [0, 0.1) is 0 Å². The summed E-state index contributed by atoms with van der Waals surface area (Å²) in [6, 6.07) is 14.2. The SMILES string of the molecule is CCN(CC)C(=O)C(c1ccccc1)N1CCN(CC(=O)Nc2ccccc2C(F)(F)F)CC1. The Hall–Kier alpha value is -2.91. The molecule has 0 spiro atoms. The fraction of sp³-hybridized carbons (Fsp3) is 0.440. The zero-order valence-corrected chi connectivity index (χ0v) is 19.5. The number of hydrogen-bond acceptors (Lipinski definition) is 4. The van der Waals surface area contributed by atoms with Crippen LogP contribution in [0.1, 0.15) is 31.0 Å². The summed E-state index contributed by atoms with van der Waals surface area (Å²) in [5.41, 5.74) is -0.185. The van der Waals surface area contributed by atoms with E-state index < -0.39 is 23.7 Å². The van der Waals surface area contributed by atoms with Gasteiger partial charge in [0.25, 0.3) is 0 Å². The van der Waals surface area contributed by atoms with Crippen molar-refractivity contribution >= 4 is 17.5 Å². The predicted octanol–water partition coefficient (Wildman–Crippen LogP) is 3.87. The molecule has 2 amide bonds. The summed E-state index contributed by atoms with van der Waals surface area (Å²) in [6.45, 7) is 7.34. The van der Waals surface area contributed by atoms with Crippen molar-refractivity contribution in [2.75, 3.05) is 51.1 Å². The van der Waals surface area contributed by atoms with E-state index in [0.717, 1.165) is 11.6 Å². The average molecular weight is 477 g/mol. The first-order valence-electron chi connectivity index (χ1n) is 11.5. The molecule has 2 aromatic rings. The molecule has 6 nitrogen and oxygen atoms in total. The molecule has 1 fully saturated rings. The van der Waals surface area contributed by atoms with Crippen molar-refractivity contribution in [1.82, 2.24) is 14.7 Å². The molecule has 1 unspecified atom stereocenters. The van der Waals surface area contributed by atoms with E-state index in [-0.39, 0.29) is 18.1 Å². The van der Waals surface area contributed by atoms with Crippen LogP contribution in [-0.4, -0.2) is 72.3 Å². The Labute approximate surface area is 198 Å². The minimum Gasteiger partial charge on any atom is -0.342 e. The molecular formula is C25H31F3N4O2. The zero-order chi connectivity index (χ0) is 24.7. The molecule has 1 atom stereocenters. The van der Waals surface area contributed by atoms with E-state index in [4.69, 9.17) is 0 Å². The molecule has 1 aliphatic heterocycles. The molecule has 184 valence electrons. The predicted molar refractivity (Wildman–Crippen MR) is 125 cm³/mol. The number of anilines is 1. The molecule has 0 saturated carbocycles. The fourth-order valence-corrected chi connectivity index (χ4v) is 4.26. The van der Waals surface area contributed by atoms with E-state index in [1.807, 2.05) is 54.0 Å². The number of carbonyl (C=O) groups excluding carboxylic acids is 2. The number of halogens is 3. The number of nitrogens with zero attached hydrogens (tertiary/aromatic N) is 3. The molecule has 0 radical (unpaired) electrons. The molecule has 1 aliphatic rings. The summed E-state index contributed by atoms with van der Waals surface area (Å²) in [5, 5.41) is 2.40. The van der Waals surface area contributed by atoms with Crippen LogP contribution in [0.4, 0.5) is 18.9 Å². The highest BCUT2D eigenvalue weighted by molar-refractivity contribution is 5.93. The van der Waals surface area contributed by atoms with Gasteiger partial charge >= 0.3 is 6.18 Å². The third-order valence-electron chi connectivity index (χ3n) is 6.07. The van der Waals surface area contributed by atoms with Crippen molar-refractivity contribution in [1.29, 1.82) is 0 Å². The minimum atomic E-state index is -4.54. The van der Waals surface area contributed by atoms with Gasteiger partial charge in [0.2, 0.25) is 11.8 Å². The number of amides is 2. The van der Waals surface area contributed by atoms with E-state index in [9.17, 15) is 22.8 Å². The molecular weight excluding hydrogens is 445 g/mol. The van der Waals surface area contributed by atoms with Gasteiger partial charge in [-0.1, -0.05) is 42.5 Å². The van der Waals surface area contributed by atoms with E-state index in [2.05, 4.69) is 10.2 Å². The highest BCUT2D eigenvalue weighted by atomic mass is 19.4. The zero-order valence-electron chi connectivity index (χ0n) is 19.5. The Bertz CT molecular complexity index is 956. The standard InChI is InChI=1S/C25H31F3N4O2/c1-3-31(4-2)24(34)23(19-10-6-5-7-11-19)32-16-14-30(15-17-32)18-22(33)29-21-13-9-8-12-20(21)25(26,27)28/h5-13,23H,3-4,14-18H2,1-2H3,(H,29,33). The van der Waals surface area contributed by atoms with Gasteiger partial charge in [0.1, 0.15) is 6.04 Å². The monoisotopic (exact) mass is 476 g/mol. The molecule has 1 saturated heterocycles. The Morgan fingerprint density at radius 1 is 0.941 bits per heavy atom. The van der Waals surface area contributed by atoms with Gasteiger partial charge in [0.15, 0.2) is 0 Å². The van der Waals surface area contributed by atoms with E-state index in [0.29, 0.717) is 39.3 Å². The summed E-state index contributed by atoms with van der Waals surface area (Å²) in [4.78, 5) is 31.6. The van der Waals surface area contributed by atoms with Gasteiger partial charge in [-0.05, 0) is 31.5 Å². The Morgan fingerprint density at radius 2 is 1.53 bits per heavy atom. The quantitative estimate of drug-likeness (QED) is 0.629. The summed E-state index contributed by atoms with van der Waals surface area (Å²) >= 11 is 0. The van der Waals surface area contributed by atoms with Crippen LogP contribution in [0.15, 0.2) is 54.6 Å². The largest absolute Gasteiger partial charge is 0.418 e. The third kappa shape index (κ3) is 6.36. The maximum atomic E-state index is 13.3. The first kappa shape index (κ1) is 25.7. The molecule has 34 heavy (non-hydrogen) atoms. The number of para-hydroxylation sites is 1. The van der Waals surface area contributed by atoms with E-state index in [1.165, 1.54) is 18.2 Å². The van der Waals surface area contributed by atoms with Gasteiger partial charge in [-0.25, -0.2) is 0 Å². The number of likely N-dealkylation sites (N-methyl/N-ethyl adjacent to an activating group) is 1. The van der Waals surface area contributed by atoms with Gasteiger partial charge in [0.05, 0.1) is 17.8 Å². The number of piperazine rings is 1. The molecule has 0 aromatic heterocycles. The van der Waals surface area contributed by atoms with Crippen LogP contribution in [0.2, 0.25) is 0 Å². The van der Waals surface area contributed by atoms with Gasteiger partial charge < -0.3 is 10.2 Å². The smallest absolute Gasteiger partial charge is 0.342 e. The number of benzene rings is 2. The molecule has 0 bridgehead atoms. The van der Waals surface area contributed by atoms with E-state index >= 15 is 0 Å². The Balaban J connectivity index is 1.63. The molecule has 0 aliphatic carbocycles. The second kappa shape index (κ2) is 11.5. The van der Waals surface area contributed by atoms with Crippen molar-refractivity contribution in [3.63, 3.8) is 0 Å². The lowest BCUT2D eigenvalue weighted by atomic mass is 10.0. The maximum absolute atomic E-state index is 13.3. The summed E-state index contributed by atoms with van der Waals surface area (Å²) in [6.07, 6.45) is -4.54. The van der Waals surface area contributed by atoms with Crippen LogP contribution >= 0.6 is 0 Å². The van der Waals surface area contributed by atoms with Crippen molar-refractivity contribution in [3.8, 4) is 0 Å². The number of carbonyl (C=O) groups is 2. The maximum Gasteiger partial charge on any atom is 0.418 e. The number of hydrogen-bond donors (Lipinski definition) is 1. The average Bonchev–Trinajstić information content (AvgIpc) is 2.81. The fourth-order valence-electron chi connectivity index (χ4n) is 4.26. The van der Waals surface area contributed by atoms with Crippen LogP contribution < -0.4 is 5.32 Å². The van der Waals surface area contributed by atoms with Gasteiger partial charge in [-0.15, -0.1) is 0 Å². The Morgan fingerprint density at radius 3 is 2.12 bits per heavy atom. The highest BCUT2D eigenvalue weighted by Crippen LogP contribution is 2.34. The second-order valence-corrected chi connectivity index (χ2v) is 8.23. The summed E-state index contributed by atoms with van der Waals surface area (Å²) < 4.78 is 39.6. The van der Waals surface area contributed by atoms with E-state index in [1.54, 1.807) is 0 Å². The number of alkyl halides is 3. The number of rotatable bonds is 8. The normalized spacial score (nSPS) is 16.1. The molecule has 2 aromatic carbocycles.